The van der Waals surface area contributed by atoms with Crippen LogP contribution in [0, 0.1) is 0 Å². The third kappa shape index (κ3) is 4.82. The summed E-state index contributed by atoms with van der Waals surface area (Å²) in [5.74, 6) is -0.740. The summed E-state index contributed by atoms with van der Waals surface area (Å²) in [5.41, 5.74) is 6.72. The van der Waals surface area contributed by atoms with Crippen LogP contribution in [0.1, 0.15) is 19.4 Å². The number of hydrogen-bond donors (Lipinski definition) is 1. The van der Waals surface area contributed by atoms with Gasteiger partial charge in [0, 0.05) is 12.2 Å². The third-order valence-corrected chi connectivity index (χ3v) is 4.53. The van der Waals surface area contributed by atoms with Gasteiger partial charge in [-0.05, 0) is 24.6 Å². The van der Waals surface area contributed by atoms with Crippen molar-refractivity contribution < 1.29 is 17.9 Å². The average molecular weight is 300 g/mol. The number of esters is 1. The molecule has 0 radical (unpaired) electrons. The lowest BCUT2D eigenvalue weighted by atomic mass is 10.2. The molecule has 0 bridgehead atoms. The number of rotatable bonds is 7. The predicted molar refractivity (Wildman–Crippen MR) is 77.4 cm³/mol. The largest absolute Gasteiger partial charge is 0.465 e. The Labute approximate surface area is 119 Å². The number of carbonyl (C=O) groups excluding carboxylic acids is 1. The van der Waals surface area contributed by atoms with Gasteiger partial charge in [-0.1, -0.05) is 19.1 Å². The Morgan fingerprint density at radius 3 is 2.60 bits per heavy atom. The minimum absolute atomic E-state index is 0.189. The van der Waals surface area contributed by atoms with E-state index >= 15 is 0 Å². The summed E-state index contributed by atoms with van der Waals surface area (Å²) in [6, 6.07) is 6.68. The van der Waals surface area contributed by atoms with Crippen molar-refractivity contribution in [1.29, 1.82) is 0 Å². The van der Waals surface area contributed by atoms with Gasteiger partial charge in [0.2, 0.25) is 10.0 Å². The fraction of sp³-hybridized carbons (Fsp3) is 0.462. The molecule has 0 saturated carbocycles. The summed E-state index contributed by atoms with van der Waals surface area (Å²) in [5, 5.41) is 0. The van der Waals surface area contributed by atoms with Crippen molar-refractivity contribution in [2.75, 3.05) is 25.4 Å². The van der Waals surface area contributed by atoms with E-state index in [1.54, 1.807) is 38.1 Å². The van der Waals surface area contributed by atoms with Crippen LogP contribution in [0.2, 0.25) is 0 Å². The van der Waals surface area contributed by atoms with Crippen LogP contribution in [-0.2, 0) is 25.3 Å². The number of ether oxygens (including phenoxy) is 1. The number of nitrogens with two attached hydrogens (primary N) is 1. The number of hydrogen-bond acceptors (Lipinski definition) is 5. The maximum atomic E-state index is 12.3. The average Bonchev–Trinajstić information content (AvgIpc) is 2.35. The first-order valence-electron chi connectivity index (χ1n) is 6.37. The molecule has 0 aliphatic heterocycles. The van der Waals surface area contributed by atoms with Gasteiger partial charge in [0.1, 0.15) is 6.54 Å². The van der Waals surface area contributed by atoms with Crippen LogP contribution in [0.15, 0.2) is 24.3 Å². The molecule has 0 amide bonds. The van der Waals surface area contributed by atoms with Gasteiger partial charge in [-0.3, -0.25) is 4.79 Å². The Balaban J connectivity index is 2.82. The molecule has 0 unspecified atom stereocenters. The van der Waals surface area contributed by atoms with Crippen LogP contribution in [0.4, 0.5) is 5.69 Å². The SMILES string of the molecule is CCOC(=O)CN(CC)S(=O)(=O)Cc1cccc(N)c1. The van der Waals surface area contributed by atoms with Gasteiger partial charge in [0.05, 0.1) is 12.4 Å². The number of nitrogen functional groups attached to an aromatic ring is 1. The molecule has 7 heteroatoms. The molecule has 0 fully saturated rings. The Morgan fingerprint density at radius 2 is 2.05 bits per heavy atom. The highest BCUT2D eigenvalue weighted by molar-refractivity contribution is 7.88. The lowest BCUT2D eigenvalue weighted by molar-refractivity contribution is -0.143. The second-order valence-electron chi connectivity index (χ2n) is 4.23. The monoisotopic (exact) mass is 300 g/mol. The van der Waals surface area contributed by atoms with Crippen molar-refractivity contribution in [2.24, 2.45) is 0 Å². The summed E-state index contributed by atoms with van der Waals surface area (Å²) >= 11 is 0. The number of sulfonamides is 1. The second kappa shape index (κ2) is 7.25. The molecule has 0 aliphatic rings. The molecule has 0 spiro atoms. The number of anilines is 1. The van der Waals surface area contributed by atoms with Gasteiger partial charge in [-0.25, -0.2) is 8.42 Å². The first-order chi connectivity index (χ1) is 9.39. The van der Waals surface area contributed by atoms with E-state index in [0.29, 0.717) is 11.3 Å². The molecule has 0 saturated heterocycles. The summed E-state index contributed by atoms with van der Waals surface area (Å²) in [6.45, 7) is 3.52. The molecule has 20 heavy (non-hydrogen) atoms. The quantitative estimate of drug-likeness (QED) is 0.599. The summed E-state index contributed by atoms with van der Waals surface area (Å²) in [7, 11) is -3.58. The van der Waals surface area contributed by atoms with Crippen LogP contribution in [0.25, 0.3) is 0 Å². The van der Waals surface area contributed by atoms with Crippen LogP contribution in [-0.4, -0.2) is 38.4 Å². The zero-order valence-electron chi connectivity index (χ0n) is 11.7. The minimum atomic E-state index is -3.58. The van der Waals surface area contributed by atoms with Crippen LogP contribution in [0.3, 0.4) is 0 Å². The molecular formula is C13H20N2O4S. The van der Waals surface area contributed by atoms with E-state index < -0.39 is 16.0 Å². The molecule has 0 aliphatic carbocycles. The van der Waals surface area contributed by atoms with Crippen molar-refractivity contribution in [1.82, 2.24) is 4.31 Å². The Morgan fingerprint density at radius 1 is 1.35 bits per heavy atom. The molecule has 0 atom stereocenters. The topological polar surface area (TPSA) is 89.7 Å². The second-order valence-corrected chi connectivity index (χ2v) is 6.20. The molecule has 1 aromatic rings. The van der Waals surface area contributed by atoms with Gasteiger partial charge < -0.3 is 10.5 Å². The van der Waals surface area contributed by atoms with Crippen molar-refractivity contribution in [3.05, 3.63) is 29.8 Å². The molecule has 6 nitrogen and oxygen atoms in total. The van der Waals surface area contributed by atoms with E-state index in [0.717, 1.165) is 4.31 Å². The van der Waals surface area contributed by atoms with Crippen LogP contribution >= 0.6 is 0 Å². The Hall–Kier alpha value is -1.60. The van der Waals surface area contributed by atoms with Crippen LogP contribution < -0.4 is 5.73 Å². The molecule has 0 aromatic heterocycles. The normalized spacial score (nSPS) is 11.6. The van der Waals surface area contributed by atoms with Crippen molar-refractivity contribution in [3.8, 4) is 0 Å². The van der Waals surface area contributed by atoms with E-state index in [4.69, 9.17) is 10.5 Å². The molecule has 112 valence electrons. The van der Waals surface area contributed by atoms with Gasteiger partial charge in [0.15, 0.2) is 0 Å². The lowest BCUT2D eigenvalue weighted by Crippen LogP contribution is -2.37. The number of nitrogens with zero attached hydrogens (tertiary/aromatic N) is 1. The maximum Gasteiger partial charge on any atom is 0.321 e. The first kappa shape index (κ1) is 16.5. The smallest absolute Gasteiger partial charge is 0.321 e. The minimum Gasteiger partial charge on any atom is -0.465 e. The highest BCUT2D eigenvalue weighted by Gasteiger charge is 2.24. The predicted octanol–water partition coefficient (Wildman–Crippen LogP) is 0.984. The Kier molecular flexibility index (Phi) is 5.97. The van der Waals surface area contributed by atoms with Gasteiger partial charge in [-0.2, -0.15) is 4.31 Å². The van der Waals surface area contributed by atoms with Crippen molar-refractivity contribution in [2.45, 2.75) is 19.6 Å². The zero-order chi connectivity index (χ0) is 15.2. The first-order valence-corrected chi connectivity index (χ1v) is 7.97. The number of carbonyl (C=O) groups is 1. The molecule has 1 aromatic carbocycles. The van der Waals surface area contributed by atoms with Gasteiger partial charge >= 0.3 is 5.97 Å². The number of benzene rings is 1. The van der Waals surface area contributed by atoms with E-state index in [1.165, 1.54) is 0 Å². The van der Waals surface area contributed by atoms with E-state index in [-0.39, 0.29) is 25.4 Å². The highest BCUT2D eigenvalue weighted by atomic mass is 32.2. The number of likely N-dealkylation sites (N-methyl/N-ethyl adjacent to an activating group) is 1. The van der Waals surface area contributed by atoms with Gasteiger partial charge in [-0.15, -0.1) is 0 Å². The molecule has 1 rings (SSSR count). The van der Waals surface area contributed by atoms with Gasteiger partial charge in [0.25, 0.3) is 0 Å². The van der Waals surface area contributed by atoms with E-state index in [9.17, 15) is 13.2 Å². The van der Waals surface area contributed by atoms with E-state index in [2.05, 4.69) is 0 Å². The highest BCUT2D eigenvalue weighted by Crippen LogP contribution is 2.13. The molecular weight excluding hydrogens is 280 g/mol. The van der Waals surface area contributed by atoms with E-state index in [1.807, 2.05) is 0 Å². The maximum absolute atomic E-state index is 12.3. The molecule has 2 N–H and O–H groups in total. The van der Waals surface area contributed by atoms with Crippen molar-refractivity contribution >= 4 is 21.7 Å². The Bertz CT molecular complexity index is 557. The fourth-order valence-corrected chi connectivity index (χ4v) is 3.22. The summed E-state index contributed by atoms with van der Waals surface area (Å²) < 4.78 is 30.4. The van der Waals surface area contributed by atoms with Crippen LogP contribution in [0.5, 0.6) is 0 Å². The third-order valence-electron chi connectivity index (χ3n) is 2.66. The fourth-order valence-electron chi connectivity index (χ4n) is 1.74. The molecule has 0 heterocycles. The lowest BCUT2D eigenvalue weighted by Gasteiger charge is -2.19. The summed E-state index contributed by atoms with van der Waals surface area (Å²) in [4.78, 5) is 11.4. The standard InChI is InChI=1S/C13H20N2O4S/c1-3-15(9-13(16)19-4-2)20(17,18)10-11-6-5-7-12(14)8-11/h5-8H,3-4,9-10,14H2,1-2H3. The summed E-state index contributed by atoms with van der Waals surface area (Å²) in [6.07, 6.45) is 0. The van der Waals surface area contributed by atoms with Crippen molar-refractivity contribution in [3.63, 3.8) is 0 Å². The zero-order valence-corrected chi connectivity index (χ0v) is 12.5.